The van der Waals surface area contributed by atoms with Crippen LogP contribution in [0.15, 0.2) is 36.7 Å². The standard InChI is InChI=1S/C28H40FN5O2/c1-18-9-10-21(22(29)14-18)24-16-30-25(32-24)17-31-27(36)23(33-26(35)11-12-28(4,5)6)15-20(3)34-13-7-8-19(34)2/h9-10,14,16,19,23H,3,7-8,11-13,15,17H2,1-2,4-6H3,(H,30,32)(H,31,36)(H,33,35)/t19-,23-/m0/s1. The SMILES string of the molecule is C=C(C[C@H](NC(=O)CCC(C)(C)C)C(=O)NCc1ncc(-c2ccc(C)cc2F)[nH]1)N1CCC[C@@H]1C. The Labute approximate surface area is 214 Å². The van der Waals surface area contributed by atoms with Crippen LogP contribution in [0.25, 0.3) is 11.3 Å². The molecule has 0 spiro atoms. The molecule has 1 aromatic heterocycles. The van der Waals surface area contributed by atoms with Crippen molar-refractivity contribution in [1.82, 2.24) is 25.5 Å². The summed E-state index contributed by atoms with van der Waals surface area (Å²) in [6.45, 7) is 15.5. The van der Waals surface area contributed by atoms with E-state index in [9.17, 15) is 14.0 Å². The Morgan fingerprint density at radius 3 is 2.72 bits per heavy atom. The van der Waals surface area contributed by atoms with Gasteiger partial charge in [-0.1, -0.05) is 33.4 Å². The Hall–Kier alpha value is -3.16. The second-order valence-electron chi connectivity index (χ2n) is 11.1. The van der Waals surface area contributed by atoms with Crippen molar-refractivity contribution >= 4 is 11.8 Å². The van der Waals surface area contributed by atoms with E-state index < -0.39 is 6.04 Å². The van der Waals surface area contributed by atoms with E-state index in [4.69, 9.17) is 0 Å². The van der Waals surface area contributed by atoms with Crippen molar-refractivity contribution < 1.29 is 14.0 Å². The number of nitrogens with zero attached hydrogens (tertiary/aromatic N) is 2. The van der Waals surface area contributed by atoms with Crippen molar-refractivity contribution in [3.63, 3.8) is 0 Å². The Bertz CT molecular complexity index is 1090. The zero-order valence-corrected chi connectivity index (χ0v) is 22.2. The summed E-state index contributed by atoms with van der Waals surface area (Å²) in [6, 6.07) is 4.65. The highest BCUT2D eigenvalue weighted by Gasteiger charge is 2.27. The first-order valence-corrected chi connectivity index (χ1v) is 12.7. The van der Waals surface area contributed by atoms with E-state index in [-0.39, 0.29) is 29.6 Å². The molecule has 2 atom stereocenters. The predicted octanol–water partition coefficient (Wildman–Crippen LogP) is 4.84. The van der Waals surface area contributed by atoms with Crippen LogP contribution >= 0.6 is 0 Å². The van der Waals surface area contributed by atoms with Crippen molar-refractivity contribution in [2.75, 3.05) is 6.54 Å². The second kappa shape index (κ2) is 11.7. The van der Waals surface area contributed by atoms with E-state index in [1.807, 2.05) is 13.0 Å². The van der Waals surface area contributed by atoms with Gasteiger partial charge in [-0.05, 0) is 56.2 Å². The van der Waals surface area contributed by atoms with Gasteiger partial charge in [-0.15, -0.1) is 0 Å². The van der Waals surface area contributed by atoms with E-state index in [0.717, 1.165) is 37.1 Å². The largest absolute Gasteiger partial charge is 0.373 e. The summed E-state index contributed by atoms with van der Waals surface area (Å²) in [5.74, 6) is -0.279. The number of aromatic amines is 1. The molecule has 1 fully saturated rings. The van der Waals surface area contributed by atoms with E-state index in [1.165, 1.54) is 6.07 Å². The summed E-state index contributed by atoms with van der Waals surface area (Å²) >= 11 is 0. The van der Waals surface area contributed by atoms with Gasteiger partial charge < -0.3 is 20.5 Å². The first-order chi connectivity index (χ1) is 16.9. The average molecular weight is 498 g/mol. The maximum Gasteiger partial charge on any atom is 0.243 e. The number of benzene rings is 1. The zero-order chi connectivity index (χ0) is 26.5. The van der Waals surface area contributed by atoms with Crippen LogP contribution in [0.1, 0.15) is 71.2 Å². The molecule has 0 aliphatic carbocycles. The van der Waals surface area contributed by atoms with Crippen LogP contribution in [-0.4, -0.2) is 45.3 Å². The summed E-state index contributed by atoms with van der Waals surface area (Å²) in [5, 5.41) is 5.79. The fourth-order valence-corrected chi connectivity index (χ4v) is 4.44. The quantitative estimate of drug-likeness (QED) is 0.438. The lowest BCUT2D eigenvalue weighted by molar-refractivity contribution is -0.129. The summed E-state index contributed by atoms with van der Waals surface area (Å²) < 4.78 is 14.3. The molecule has 2 aromatic rings. The molecular formula is C28H40FN5O2. The fraction of sp³-hybridized carbons (Fsp3) is 0.536. The summed E-state index contributed by atoms with van der Waals surface area (Å²) in [4.78, 5) is 35.4. The average Bonchev–Trinajstić information content (AvgIpc) is 3.44. The molecule has 0 unspecified atom stereocenters. The Morgan fingerprint density at radius 1 is 1.33 bits per heavy atom. The van der Waals surface area contributed by atoms with Crippen LogP contribution in [0.2, 0.25) is 0 Å². The number of hydrogen-bond donors (Lipinski definition) is 3. The molecular weight excluding hydrogens is 457 g/mol. The lowest BCUT2D eigenvalue weighted by atomic mass is 9.90. The molecule has 2 heterocycles. The molecule has 0 saturated carbocycles. The molecule has 1 saturated heterocycles. The van der Waals surface area contributed by atoms with Crippen molar-refractivity contribution in [3.8, 4) is 11.3 Å². The lowest BCUT2D eigenvalue weighted by Crippen LogP contribution is -2.48. The van der Waals surface area contributed by atoms with Crippen molar-refractivity contribution in [1.29, 1.82) is 0 Å². The number of carbonyl (C=O) groups is 2. The van der Waals surface area contributed by atoms with Crippen LogP contribution in [0.3, 0.4) is 0 Å². The number of rotatable bonds is 10. The molecule has 8 heteroatoms. The summed E-state index contributed by atoms with van der Waals surface area (Å²) in [5.41, 5.74) is 2.68. The van der Waals surface area contributed by atoms with E-state index in [1.54, 1.807) is 12.3 Å². The molecule has 196 valence electrons. The van der Waals surface area contributed by atoms with Gasteiger partial charge >= 0.3 is 0 Å². The first kappa shape index (κ1) is 27.4. The van der Waals surface area contributed by atoms with Gasteiger partial charge in [0.2, 0.25) is 11.8 Å². The minimum Gasteiger partial charge on any atom is -0.373 e. The number of amides is 2. The third-order valence-electron chi connectivity index (χ3n) is 6.63. The number of nitrogens with one attached hydrogen (secondary N) is 3. The van der Waals surface area contributed by atoms with Gasteiger partial charge in [-0.2, -0.15) is 0 Å². The molecule has 3 N–H and O–H groups in total. The highest BCUT2D eigenvalue weighted by molar-refractivity contribution is 5.87. The third kappa shape index (κ3) is 7.67. The fourth-order valence-electron chi connectivity index (χ4n) is 4.44. The molecule has 2 amide bonds. The summed E-state index contributed by atoms with van der Waals surface area (Å²) in [6.07, 6.45) is 5.16. The monoisotopic (exact) mass is 497 g/mol. The third-order valence-corrected chi connectivity index (χ3v) is 6.63. The van der Waals surface area contributed by atoms with Gasteiger partial charge in [0.1, 0.15) is 17.7 Å². The second-order valence-corrected chi connectivity index (χ2v) is 11.1. The minimum absolute atomic E-state index is 0.0254. The van der Waals surface area contributed by atoms with Gasteiger partial charge in [0, 0.05) is 36.7 Å². The molecule has 1 aromatic carbocycles. The number of halogens is 1. The number of H-pyrrole nitrogens is 1. The van der Waals surface area contributed by atoms with Gasteiger partial charge in [0.05, 0.1) is 18.4 Å². The molecule has 0 radical (unpaired) electrons. The molecule has 1 aliphatic rings. The first-order valence-electron chi connectivity index (χ1n) is 12.7. The smallest absolute Gasteiger partial charge is 0.243 e. The van der Waals surface area contributed by atoms with Crippen molar-refractivity contribution in [2.24, 2.45) is 5.41 Å². The van der Waals surface area contributed by atoms with Gasteiger partial charge in [0.15, 0.2) is 0 Å². The lowest BCUT2D eigenvalue weighted by Gasteiger charge is -2.29. The normalized spacial score (nSPS) is 16.6. The Balaban J connectivity index is 1.65. The Morgan fingerprint density at radius 2 is 2.08 bits per heavy atom. The highest BCUT2D eigenvalue weighted by atomic mass is 19.1. The molecule has 7 nitrogen and oxygen atoms in total. The van der Waals surface area contributed by atoms with Crippen LogP contribution < -0.4 is 10.6 Å². The topological polar surface area (TPSA) is 90.1 Å². The number of carbonyl (C=O) groups excluding carboxylic acids is 2. The van der Waals surface area contributed by atoms with Gasteiger partial charge in [-0.25, -0.2) is 9.37 Å². The van der Waals surface area contributed by atoms with E-state index in [2.05, 4.69) is 59.8 Å². The number of aryl methyl sites for hydroxylation is 1. The van der Waals surface area contributed by atoms with Crippen LogP contribution in [0, 0.1) is 18.2 Å². The van der Waals surface area contributed by atoms with Crippen LogP contribution in [0.5, 0.6) is 0 Å². The predicted molar refractivity (Wildman–Crippen MR) is 140 cm³/mol. The van der Waals surface area contributed by atoms with E-state index in [0.29, 0.717) is 36.0 Å². The minimum atomic E-state index is -0.734. The number of aromatic nitrogens is 2. The summed E-state index contributed by atoms with van der Waals surface area (Å²) in [7, 11) is 0. The van der Waals surface area contributed by atoms with Crippen LogP contribution in [0.4, 0.5) is 4.39 Å². The van der Waals surface area contributed by atoms with Gasteiger partial charge in [0.25, 0.3) is 0 Å². The van der Waals surface area contributed by atoms with Gasteiger partial charge in [-0.3, -0.25) is 9.59 Å². The maximum atomic E-state index is 14.3. The molecule has 0 bridgehead atoms. The number of hydrogen-bond acceptors (Lipinski definition) is 4. The van der Waals surface area contributed by atoms with Crippen molar-refractivity contribution in [3.05, 3.63) is 53.9 Å². The van der Waals surface area contributed by atoms with Crippen LogP contribution in [-0.2, 0) is 16.1 Å². The molecule has 3 rings (SSSR count). The maximum absolute atomic E-state index is 14.3. The van der Waals surface area contributed by atoms with Crippen molar-refractivity contribution in [2.45, 2.75) is 85.4 Å². The molecule has 36 heavy (non-hydrogen) atoms. The zero-order valence-electron chi connectivity index (χ0n) is 22.2. The highest BCUT2D eigenvalue weighted by Crippen LogP contribution is 2.25. The number of likely N-dealkylation sites (tertiary alicyclic amines) is 1. The molecule has 1 aliphatic heterocycles. The Kier molecular flexibility index (Phi) is 8.93. The number of imidazole rings is 1. The van der Waals surface area contributed by atoms with E-state index >= 15 is 0 Å².